The van der Waals surface area contributed by atoms with Crippen LogP contribution in [0.1, 0.15) is 90.4 Å². The lowest BCUT2D eigenvalue weighted by molar-refractivity contribution is -0.875. The predicted molar refractivity (Wildman–Crippen MR) is 115 cm³/mol. The van der Waals surface area contributed by atoms with Crippen molar-refractivity contribution < 1.29 is 23.9 Å². The van der Waals surface area contributed by atoms with Gasteiger partial charge in [-0.05, 0) is 32.1 Å². The Balaban J connectivity index is 3.85. The molecule has 1 unspecified atom stereocenters. The standard InChI is InChI=1S/C21H44NO4P/c1-5-6-7-8-9-10-11-12-13-14-15-16-17-18-19-21(23,27(24,25)26)20-22(2,3)4/h15-16,23H,5-14,17-20H2,1-4H3,(H-,24,25,26)/p+1/b16-15-. The number of hydrogen-bond acceptors (Lipinski definition) is 2. The van der Waals surface area contributed by atoms with Gasteiger partial charge < -0.3 is 19.4 Å². The van der Waals surface area contributed by atoms with Crippen LogP contribution in [0.25, 0.3) is 0 Å². The van der Waals surface area contributed by atoms with Crippen molar-refractivity contribution in [3.05, 3.63) is 12.2 Å². The van der Waals surface area contributed by atoms with Crippen LogP contribution in [0.4, 0.5) is 0 Å². The number of rotatable bonds is 17. The highest BCUT2D eigenvalue weighted by Gasteiger charge is 2.48. The van der Waals surface area contributed by atoms with Crippen molar-refractivity contribution in [2.45, 2.75) is 95.7 Å². The van der Waals surface area contributed by atoms with Crippen molar-refractivity contribution in [2.75, 3.05) is 27.7 Å². The normalized spacial score (nSPS) is 15.4. The SMILES string of the molecule is CCCCCCCCCCC/C=C\CCCC(O)(C[N+](C)(C)C)P(=O)(O)O. The van der Waals surface area contributed by atoms with Gasteiger partial charge in [0.1, 0.15) is 6.54 Å². The number of quaternary nitrogens is 1. The first-order chi connectivity index (χ1) is 12.5. The zero-order valence-electron chi connectivity index (χ0n) is 18.2. The fourth-order valence-electron chi connectivity index (χ4n) is 3.39. The second kappa shape index (κ2) is 13.9. The number of hydrogen-bond donors (Lipinski definition) is 3. The van der Waals surface area contributed by atoms with Gasteiger partial charge in [-0.25, -0.2) is 0 Å². The molecule has 162 valence electrons. The number of nitrogens with zero attached hydrogens (tertiary/aromatic N) is 1. The minimum absolute atomic E-state index is 0.0411. The Labute approximate surface area is 167 Å². The van der Waals surface area contributed by atoms with E-state index in [1.807, 2.05) is 21.1 Å². The lowest BCUT2D eigenvalue weighted by Crippen LogP contribution is -2.49. The highest BCUT2D eigenvalue weighted by Crippen LogP contribution is 2.52. The van der Waals surface area contributed by atoms with E-state index in [0.29, 0.717) is 10.9 Å². The summed E-state index contributed by atoms with van der Waals surface area (Å²) < 4.78 is 12.0. The van der Waals surface area contributed by atoms with Gasteiger partial charge in [0.25, 0.3) is 0 Å². The maximum Gasteiger partial charge on any atom is 0.362 e. The van der Waals surface area contributed by atoms with Gasteiger partial charge in [-0.15, -0.1) is 0 Å². The Morgan fingerprint density at radius 3 is 1.70 bits per heavy atom. The zero-order valence-corrected chi connectivity index (χ0v) is 19.1. The zero-order chi connectivity index (χ0) is 20.8. The first kappa shape index (κ1) is 26.8. The van der Waals surface area contributed by atoms with E-state index in [9.17, 15) is 19.5 Å². The molecule has 27 heavy (non-hydrogen) atoms. The Bertz CT molecular complexity index is 442. The van der Waals surface area contributed by atoms with Crippen LogP contribution in [0.15, 0.2) is 12.2 Å². The Kier molecular flexibility index (Phi) is 13.8. The van der Waals surface area contributed by atoms with Crippen LogP contribution in [-0.2, 0) is 4.57 Å². The highest BCUT2D eigenvalue weighted by molar-refractivity contribution is 7.53. The fourth-order valence-corrected chi connectivity index (χ4v) is 4.45. The van der Waals surface area contributed by atoms with E-state index >= 15 is 0 Å². The molecule has 1 atom stereocenters. The van der Waals surface area contributed by atoms with E-state index in [1.54, 1.807) is 0 Å². The first-order valence-electron chi connectivity index (χ1n) is 10.8. The van der Waals surface area contributed by atoms with Crippen LogP contribution >= 0.6 is 7.60 Å². The molecule has 0 saturated carbocycles. The minimum Gasteiger partial charge on any atom is -0.373 e. The summed E-state index contributed by atoms with van der Waals surface area (Å²) in [6, 6.07) is 0. The van der Waals surface area contributed by atoms with Crippen LogP contribution in [-0.4, -0.2) is 52.4 Å². The molecule has 0 aliphatic carbocycles. The molecule has 0 aromatic carbocycles. The van der Waals surface area contributed by atoms with Gasteiger partial charge in [-0.2, -0.15) is 0 Å². The quantitative estimate of drug-likeness (QED) is 0.134. The largest absolute Gasteiger partial charge is 0.373 e. The molecule has 0 heterocycles. The molecule has 0 aromatic heterocycles. The number of unbranched alkanes of at least 4 members (excludes halogenated alkanes) is 10. The summed E-state index contributed by atoms with van der Waals surface area (Å²) >= 11 is 0. The predicted octanol–water partition coefficient (Wildman–Crippen LogP) is 5.21. The van der Waals surface area contributed by atoms with E-state index in [4.69, 9.17) is 0 Å². The minimum atomic E-state index is -4.55. The van der Waals surface area contributed by atoms with E-state index in [0.717, 1.165) is 12.8 Å². The van der Waals surface area contributed by atoms with Crippen molar-refractivity contribution in [2.24, 2.45) is 0 Å². The smallest absolute Gasteiger partial charge is 0.362 e. The number of likely N-dealkylation sites (N-methyl/N-ethyl adjacent to an activating group) is 1. The van der Waals surface area contributed by atoms with Gasteiger partial charge in [0.05, 0.1) is 21.1 Å². The third-order valence-corrected chi connectivity index (χ3v) is 6.31. The maximum atomic E-state index is 11.7. The summed E-state index contributed by atoms with van der Waals surface area (Å²) in [6.45, 7) is 2.29. The topological polar surface area (TPSA) is 77.8 Å². The van der Waals surface area contributed by atoms with Crippen LogP contribution in [0.3, 0.4) is 0 Å². The van der Waals surface area contributed by atoms with Gasteiger partial charge in [-0.1, -0.05) is 70.4 Å². The van der Waals surface area contributed by atoms with E-state index in [-0.39, 0.29) is 13.0 Å². The third kappa shape index (κ3) is 14.5. The van der Waals surface area contributed by atoms with E-state index < -0.39 is 12.9 Å². The number of allylic oxidation sites excluding steroid dienone is 2. The average Bonchev–Trinajstić information content (AvgIpc) is 2.52. The molecule has 0 aliphatic rings. The molecule has 0 aliphatic heterocycles. The molecule has 5 nitrogen and oxygen atoms in total. The van der Waals surface area contributed by atoms with Crippen LogP contribution in [0.5, 0.6) is 0 Å². The van der Waals surface area contributed by atoms with E-state index in [2.05, 4.69) is 19.1 Å². The molecule has 0 saturated heterocycles. The van der Waals surface area contributed by atoms with Crippen molar-refractivity contribution in [1.29, 1.82) is 0 Å². The second-order valence-corrected chi connectivity index (χ2v) is 10.9. The summed E-state index contributed by atoms with van der Waals surface area (Å²) in [6.07, 6.45) is 18.7. The van der Waals surface area contributed by atoms with Gasteiger partial charge in [0.15, 0.2) is 0 Å². The lowest BCUT2D eigenvalue weighted by atomic mass is 10.1. The molecule has 6 heteroatoms. The molecule has 0 radical (unpaired) electrons. The molecule has 0 bridgehead atoms. The Morgan fingerprint density at radius 1 is 0.815 bits per heavy atom. The van der Waals surface area contributed by atoms with Crippen LogP contribution in [0.2, 0.25) is 0 Å². The van der Waals surface area contributed by atoms with Gasteiger partial charge in [-0.3, -0.25) is 4.57 Å². The Hall–Kier alpha value is -0.190. The number of aliphatic hydroxyl groups is 1. The van der Waals surface area contributed by atoms with Crippen LogP contribution in [0, 0.1) is 0 Å². The molecule has 3 N–H and O–H groups in total. The summed E-state index contributed by atoms with van der Waals surface area (Å²) in [7, 11) is 0.921. The Morgan fingerprint density at radius 2 is 1.26 bits per heavy atom. The molecular weight excluding hydrogens is 361 g/mol. The second-order valence-electron chi connectivity index (χ2n) is 8.96. The molecular formula is C21H45NO4P+. The summed E-state index contributed by atoms with van der Waals surface area (Å²) in [5.74, 6) is 0. The first-order valence-corrected chi connectivity index (χ1v) is 12.4. The van der Waals surface area contributed by atoms with Crippen molar-refractivity contribution in [3.63, 3.8) is 0 Å². The lowest BCUT2D eigenvalue weighted by Gasteiger charge is -2.35. The maximum absolute atomic E-state index is 11.7. The van der Waals surface area contributed by atoms with Gasteiger partial charge in [0.2, 0.25) is 5.34 Å². The average molecular weight is 407 g/mol. The van der Waals surface area contributed by atoms with E-state index in [1.165, 1.54) is 57.8 Å². The van der Waals surface area contributed by atoms with Gasteiger partial charge in [0, 0.05) is 0 Å². The summed E-state index contributed by atoms with van der Waals surface area (Å²) in [5, 5.41) is 8.54. The highest BCUT2D eigenvalue weighted by atomic mass is 31.2. The summed E-state index contributed by atoms with van der Waals surface area (Å²) in [5.41, 5.74) is 0. The van der Waals surface area contributed by atoms with Crippen molar-refractivity contribution in [1.82, 2.24) is 0 Å². The monoisotopic (exact) mass is 406 g/mol. The summed E-state index contributed by atoms with van der Waals surface area (Å²) in [4.78, 5) is 19.1. The van der Waals surface area contributed by atoms with Crippen molar-refractivity contribution >= 4 is 7.60 Å². The molecule has 0 fully saturated rings. The molecule has 0 amide bonds. The van der Waals surface area contributed by atoms with Crippen molar-refractivity contribution in [3.8, 4) is 0 Å². The fraction of sp³-hybridized carbons (Fsp3) is 0.905. The molecule has 0 aromatic rings. The third-order valence-electron chi connectivity index (χ3n) is 4.86. The van der Waals surface area contributed by atoms with Crippen LogP contribution < -0.4 is 0 Å². The molecule has 0 rings (SSSR count). The van der Waals surface area contributed by atoms with Gasteiger partial charge >= 0.3 is 7.60 Å². The molecule has 0 spiro atoms.